The number of hydrazine groups is 1. The molecule has 4 N–H and O–H groups in total. The summed E-state index contributed by atoms with van der Waals surface area (Å²) in [6.45, 7) is 2.06. The van der Waals surface area contributed by atoms with Gasteiger partial charge in [-0.05, 0) is 40.5 Å². The lowest BCUT2D eigenvalue weighted by Crippen LogP contribution is -2.13. The summed E-state index contributed by atoms with van der Waals surface area (Å²) >= 11 is 6.88. The van der Waals surface area contributed by atoms with Gasteiger partial charge in [-0.3, -0.25) is 0 Å². The summed E-state index contributed by atoms with van der Waals surface area (Å²) in [6, 6.07) is 8.22. The van der Waals surface area contributed by atoms with E-state index in [2.05, 4.69) is 71.6 Å². The monoisotopic (exact) mass is 385 g/mol. The smallest absolute Gasteiger partial charge is 0.159 e. The normalized spacial score (nSPS) is 12.0. The SMILES string of the molecule is CC(Nc1ncnc(NN)c1Br)c1cccc(Br)c1. The van der Waals surface area contributed by atoms with Gasteiger partial charge in [0.15, 0.2) is 5.82 Å². The zero-order chi connectivity index (χ0) is 13.8. The lowest BCUT2D eigenvalue weighted by molar-refractivity contribution is 0.869. The van der Waals surface area contributed by atoms with Gasteiger partial charge in [0.05, 0.1) is 6.04 Å². The first kappa shape index (κ1) is 14.2. The Morgan fingerprint density at radius 3 is 2.63 bits per heavy atom. The number of halogens is 2. The van der Waals surface area contributed by atoms with Crippen molar-refractivity contribution in [3.05, 3.63) is 45.1 Å². The summed E-state index contributed by atoms with van der Waals surface area (Å²) in [6.07, 6.45) is 1.45. The average Bonchev–Trinajstić information content (AvgIpc) is 2.41. The molecule has 1 atom stereocenters. The first-order valence-corrected chi connectivity index (χ1v) is 7.19. The number of nitrogens with one attached hydrogen (secondary N) is 2. The molecule has 7 heteroatoms. The van der Waals surface area contributed by atoms with Crippen LogP contribution in [-0.4, -0.2) is 9.97 Å². The maximum Gasteiger partial charge on any atom is 0.159 e. The van der Waals surface area contributed by atoms with E-state index in [1.54, 1.807) is 0 Å². The highest BCUT2D eigenvalue weighted by Gasteiger charge is 2.11. The second-order valence-corrected chi connectivity index (χ2v) is 5.66. The molecular weight excluding hydrogens is 374 g/mol. The molecule has 0 aliphatic rings. The number of nitrogen functional groups attached to an aromatic ring is 1. The number of benzene rings is 1. The standard InChI is InChI=1S/C12H13Br2N5/c1-7(8-3-2-4-9(13)5-8)18-11-10(14)12(19-15)17-6-16-11/h2-7H,15H2,1H3,(H2,16,17,18,19). The molecule has 100 valence electrons. The van der Waals surface area contributed by atoms with Crippen LogP contribution in [0.1, 0.15) is 18.5 Å². The van der Waals surface area contributed by atoms with Crippen LogP contribution < -0.4 is 16.6 Å². The van der Waals surface area contributed by atoms with E-state index in [1.165, 1.54) is 6.33 Å². The minimum absolute atomic E-state index is 0.106. The Labute approximate surface area is 128 Å². The fourth-order valence-electron chi connectivity index (χ4n) is 1.64. The van der Waals surface area contributed by atoms with Gasteiger partial charge in [-0.25, -0.2) is 15.8 Å². The number of hydrogen-bond acceptors (Lipinski definition) is 5. The first-order valence-electron chi connectivity index (χ1n) is 5.61. The maximum atomic E-state index is 5.38. The Morgan fingerprint density at radius 1 is 1.21 bits per heavy atom. The predicted octanol–water partition coefficient (Wildman–Crippen LogP) is 3.46. The molecule has 2 aromatic rings. The van der Waals surface area contributed by atoms with E-state index >= 15 is 0 Å². The van der Waals surface area contributed by atoms with Crippen molar-refractivity contribution in [2.75, 3.05) is 10.7 Å². The van der Waals surface area contributed by atoms with Gasteiger partial charge >= 0.3 is 0 Å². The summed E-state index contributed by atoms with van der Waals surface area (Å²) in [5, 5.41) is 3.31. The third-order valence-corrected chi connectivity index (χ3v) is 3.87. The summed E-state index contributed by atoms with van der Waals surface area (Å²) in [7, 11) is 0. The summed E-state index contributed by atoms with van der Waals surface area (Å²) < 4.78 is 1.75. The fraction of sp³-hybridized carbons (Fsp3) is 0.167. The molecule has 0 fully saturated rings. The second kappa shape index (κ2) is 6.31. The van der Waals surface area contributed by atoms with Crippen LogP contribution in [0, 0.1) is 0 Å². The number of aromatic nitrogens is 2. The fourth-order valence-corrected chi connectivity index (χ4v) is 2.49. The molecule has 0 amide bonds. The molecule has 0 aliphatic carbocycles. The van der Waals surface area contributed by atoms with E-state index in [0.29, 0.717) is 16.1 Å². The molecule has 0 spiro atoms. The van der Waals surface area contributed by atoms with Crippen molar-refractivity contribution in [3.63, 3.8) is 0 Å². The van der Waals surface area contributed by atoms with Crippen LogP contribution >= 0.6 is 31.9 Å². The molecule has 0 aliphatic heterocycles. The quantitative estimate of drug-likeness (QED) is 0.554. The minimum atomic E-state index is 0.106. The van der Waals surface area contributed by atoms with Crippen molar-refractivity contribution in [2.45, 2.75) is 13.0 Å². The highest BCUT2D eigenvalue weighted by molar-refractivity contribution is 9.11. The highest BCUT2D eigenvalue weighted by Crippen LogP contribution is 2.29. The number of hydrogen-bond donors (Lipinski definition) is 3. The lowest BCUT2D eigenvalue weighted by Gasteiger charge is -2.17. The minimum Gasteiger partial charge on any atom is -0.362 e. The Bertz CT molecular complexity index is 576. The van der Waals surface area contributed by atoms with Crippen molar-refractivity contribution in [1.82, 2.24) is 9.97 Å². The summed E-state index contributed by atoms with van der Waals surface area (Å²) in [5.41, 5.74) is 3.67. The molecule has 1 heterocycles. The van der Waals surface area contributed by atoms with Crippen molar-refractivity contribution in [2.24, 2.45) is 5.84 Å². The van der Waals surface area contributed by atoms with Crippen LogP contribution in [0.2, 0.25) is 0 Å². The van der Waals surface area contributed by atoms with Crippen LogP contribution in [0.4, 0.5) is 11.6 Å². The second-order valence-electron chi connectivity index (χ2n) is 3.95. The van der Waals surface area contributed by atoms with Crippen LogP contribution in [-0.2, 0) is 0 Å². The van der Waals surface area contributed by atoms with E-state index in [4.69, 9.17) is 5.84 Å². The molecule has 19 heavy (non-hydrogen) atoms. The van der Waals surface area contributed by atoms with Gasteiger partial charge in [-0.1, -0.05) is 28.1 Å². The van der Waals surface area contributed by atoms with E-state index in [0.717, 1.165) is 10.0 Å². The predicted molar refractivity (Wildman–Crippen MR) is 83.7 cm³/mol. The van der Waals surface area contributed by atoms with Crippen LogP contribution in [0.25, 0.3) is 0 Å². The van der Waals surface area contributed by atoms with Crippen molar-refractivity contribution >= 4 is 43.5 Å². The lowest BCUT2D eigenvalue weighted by atomic mass is 10.1. The Morgan fingerprint density at radius 2 is 1.95 bits per heavy atom. The zero-order valence-electron chi connectivity index (χ0n) is 10.2. The Balaban J connectivity index is 2.21. The van der Waals surface area contributed by atoms with Gasteiger partial charge in [0.25, 0.3) is 0 Å². The van der Waals surface area contributed by atoms with Crippen molar-refractivity contribution < 1.29 is 0 Å². The molecule has 0 saturated heterocycles. The van der Waals surface area contributed by atoms with Crippen molar-refractivity contribution in [1.29, 1.82) is 0 Å². The molecule has 1 aromatic heterocycles. The molecule has 0 bridgehead atoms. The first-order chi connectivity index (χ1) is 9.11. The number of rotatable bonds is 4. The van der Waals surface area contributed by atoms with Gasteiger partial charge in [0, 0.05) is 4.47 Å². The third kappa shape index (κ3) is 3.43. The summed E-state index contributed by atoms with van der Waals surface area (Å²) in [5.74, 6) is 6.61. The summed E-state index contributed by atoms with van der Waals surface area (Å²) in [4.78, 5) is 8.21. The zero-order valence-corrected chi connectivity index (χ0v) is 13.4. The average molecular weight is 387 g/mol. The number of nitrogens with zero attached hydrogens (tertiary/aromatic N) is 2. The van der Waals surface area contributed by atoms with E-state index in [9.17, 15) is 0 Å². The molecular formula is C12H13Br2N5. The van der Waals surface area contributed by atoms with Gasteiger partial charge < -0.3 is 10.7 Å². The Kier molecular flexibility index (Phi) is 4.73. The van der Waals surface area contributed by atoms with Gasteiger partial charge in [-0.15, -0.1) is 0 Å². The van der Waals surface area contributed by atoms with E-state index in [-0.39, 0.29) is 6.04 Å². The molecule has 5 nitrogen and oxygen atoms in total. The van der Waals surface area contributed by atoms with E-state index in [1.807, 2.05) is 12.1 Å². The number of nitrogens with two attached hydrogens (primary N) is 1. The highest BCUT2D eigenvalue weighted by atomic mass is 79.9. The largest absolute Gasteiger partial charge is 0.362 e. The topological polar surface area (TPSA) is 75.9 Å². The van der Waals surface area contributed by atoms with Gasteiger partial charge in [0.2, 0.25) is 0 Å². The van der Waals surface area contributed by atoms with Crippen LogP contribution in [0.5, 0.6) is 0 Å². The number of anilines is 2. The van der Waals surface area contributed by atoms with Gasteiger partial charge in [-0.2, -0.15) is 0 Å². The molecule has 2 rings (SSSR count). The van der Waals surface area contributed by atoms with Gasteiger partial charge in [0.1, 0.15) is 16.6 Å². The van der Waals surface area contributed by atoms with Crippen LogP contribution in [0.3, 0.4) is 0 Å². The maximum absolute atomic E-state index is 5.38. The van der Waals surface area contributed by atoms with E-state index < -0.39 is 0 Å². The van der Waals surface area contributed by atoms with Crippen molar-refractivity contribution in [3.8, 4) is 0 Å². The Hall–Kier alpha value is -1.18. The molecule has 0 saturated carbocycles. The third-order valence-electron chi connectivity index (χ3n) is 2.63. The molecule has 1 aromatic carbocycles. The van der Waals surface area contributed by atoms with Crippen LogP contribution in [0.15, 0.2) is 39.5 Å². The molecule has 0 radical (unpaired) electrons. The molecule has 1 unspecified atom stereocenters.